The molecule has 3 heterocycles. The summed E-state index contributed by atoms with van der Waals surface area (Å²) < 4.78 is 7.57. The normalized spacial score (nSPS) is 29.9. The van der Waals surface area contributed by atoms with Crippen molar-refractivity contribution in [2.75, 3.05) is 17.7 Å². The van der Waals surface area contributed by atoms with Crippen LogP contribution in [0.25, 0.3) is 11.2 Å². The van der Waals surface area contributed by atoms with Crippen LogP contribution in [-0.2, 0) is 4.74 Å². The molecule has 0 spiro atoms. The van der Waals surface area contributed by atoms with Gasteiger partial charge in [0, 0.05) is 12.5 Å². The Morgan fingerprint density at radius 3 is 2.92 bits per heavy atom. The monoisotopic (exact) mass is 332 g/mol. The van der Waals surface area contributed by atoms with Crippen molar-refractivity contribution in [3.8, 4) is 0 Å². The van der Waals surface area contributed by atoms with Gasteiger partial charge in [-0.2, -0.15) is 9.97 Å². The number of aromatic nitrogens is 4. The first-order chi connectivity index (χ1) is 11.6. The number of hydrogen-bond acceptors (Lipinski definition) is 8. The molecule has 9 heteroatoms. The third-order valence-electron chi connectivity index (χ3n) is 4.60. The van der Waals surface area contributed by atoms with Crippen molar-refractivity contribution in [1.82, 2.24) is 19.5 Å². The molecular formula is C15H20N6O3. The minimum Gasteiger partial charge on any atom is -0.393 e. The molecule has 0 radical (unpaired) electrons. The fourth-order valence-electron chi connectivity index (χ4n) is 3.00. The Morgan fingerprint density at radius 1 is 1.50 bits per heavy atom. The zero-order valence-electron chi connectivity index (χ0n) is 13.1. The van der Waals surface area contributed by atoms with Crippen LogP contribution in [0, 0.1) is 0 Å². The van der Waals surface area contributed by atoms with Gasteiger partial charge in [-0.3, -0.25) is 4.57 Å². The Bertz CT molecular complexity index is 789. The minimum absolute atomic E-state index is 0.142. The third-order valence-corrected chi connectivity index (χ3v) is 4.60. The summed E-state index contributed by atoms with van der Waals surface area (Å²) in [5.41, 5.74) is 5.78. The minimum atomic E-state index is -1.19. The molecule has 128 valence electrons. The number of aliphatic hydroxyl groups excluding tert-OH is 2. The second-order valence-corrected chi connectivity index (χ2v) is 6.31. The lowest BCUT2D eigenvalue weighted by Gasteiger charge is -2.26. The van der Waals surface area contributed by atoms with E-state index in [0.717, 1.165) is 12.8 Å². The van der Waals surface area contributed by atoms with Crippen molar-refractivity contribution in [3.05, 3.63) is 19.0 Å². The first-order valence-corrected chi connectivity index (χ1v) is 7.93. The predicted octanol–water partition coefficient (Wildman–Crippen LogP) is 0.180. The van der Waals surface area contributed by atoms with Crippen LogP contribution < -0.4 is 11.1 Å². The smallest absolute Gasteiger partial charge is 0.224 e. The summed E-state index contributed by atoms with van der Waals surface area (Å²) in [7, 11) is 0. The molecular weight excluding hydrogens is 312 g/mol. The van der Waals surface area contributed by atoms with Crippen LogP contribution in [-0.4, -0.2) is 54.1 Å². The average molecular weight is 332 g/mol. The zero-order valence-corrected chi connectivity index (χ0v) is 13.1. The number of anilines is 2. The summed E-state index contributed by atoms with van der Waals surface area (Å²) in [4.78, 5) is 12.9. The van der Waals surface area contributed by atoms with E-state index in [-0.39, 0.29) is 19.0 Å². The Labute approximate surface area is 138 Å². The second-order valence-electron chi connectivity index (χ2n) is 6.31. The number of aliphatic hydroxyl groups is 2. The number of nitrogen functional groups attached to an aromatic ring is 1. The van der Waals surface area contributed by atoms with Gasteiger partial charge in [-0.1, -0.05) is 6.08 Å². The van der Waals surface area contributed by atoms with Gasteiger partial charge in [-0.15, -0.1) is 6.58 Å². The van der Waals surface area contributed by atoms with E-state index in [4.69, 9.17) is 10.5 Å². The molecule has 5 N–H and O–H groups in total. The maximum atomic E-state index is 10.3. The lowest BCUT2D eigenvalue weighted by atomic mass is 9.98. The molecule has 2 aliphatic rings. The van der Waals surface area contributed by atoms with E-state index in [1.807, 2.05) is 0 Å². The third kappa shape index (κ3) is 2.32. The summed E-state index contributed by atoms with van der Waals surface area (Å²) in [5, 5.41) is 23.1. The molecule has 1 aliphatic heterocycles. The predicted molar refractivity (Wildman–Crippen MR) is 87.1 cm³/mol. The molecule has 4 rings (SSSR count). The number of hydrogen-bond donors (Lipinski definition) is 4. The topological polar surface area (TPSA) is 131 Å². The second kappa shape index (κ2) is 5.40. The lowest BCUT2D eigenvalue weighted by molar-refractivity contribution is -0.0953. The van der Waals surface area contributed by atoms with E-state index >= 15 is 0 Å². The maximum Gasteiger partial charge on any atom is 0.224 e. The van der Waals surface area contributed by atoms with Crippen LogP contribution in [0.3, 0.4) is 0 Å². The average Bonchev–Trinajstić information content (AvgIpc) is 3.17. The molecule has 0 amide bonds. The van der Waals surface area contributed by atoms with Crippen LogP contribution in [0.5, 0.6) is 0 Å². The number of fused-ring (bicyclic) bond motifs is 1. The first-order valence-electron chi connectivity index (χ1n) is 7.93. The molecule has 0 bridgehead atoms. The van der Waals surface area contributed by atoms with Gasteiger partial charge in [0.1, 0.15) is 11.8 Å². The van der Waals surface area contributed by atoms with E-state index in [0.29, 0.717) is 23.0 Å². The van der Waals surface area contributed by atoms with E-state index < -0.39 is 17.9 Å². The highest BCUT2D eigenvalue weighted by atomic mass is 16.6. The Kier molecular flexibility index (Phi) is 3.44. The van der Waals surface area contributed by atoms with E-state index in [2.05, 4.69) is 26.8 Å². The Balaban J connectivity index is 1.73. The standard InChI is InChI=1S/C15H20N6O3/c1-2-15(6-22)9(23)5-10(24-15)21-7-17-11-12(18-8-3-4-8)19-14(16)20-13(11)21/h2,7-10,22-23H,1,3-6H2,(H3,16,18,19,20)/t9-,10+,15+/m0/s1. The summed E-state index contributed by atoms with van der Waals surface area (Å²) in [6, 6.07) is 0.403. The van der Waals surface area contributed by atoms with E-state index in [1.165, 1.54) is 6.08 Å². The van der Waals surface area contributed by atoms with Gasteiger partial charge >= 0.3 is 0 Å². The molecule has 2 aromatic rings. The molecule has 2 aromatic heterocycles. The molecule has 1 aliphatic carbocycles. The molecule has 1 saturated carbocycles. The van der Waals surface area contributed by atoms with Gasteiger partial charge in [-0.25, -0.2) is 4.98 Å². The molecule has 3 atom stereocenters. The lowest BCUT2D eigenvalue weighted by Crippen LogP contribution is -2.40. The van der Waals surface area contributed by atoms with Gasteiger partial charge in [0.25, 0.3) is 0 Å². The van der Waals surface area contributed by atoms with Crippen LogP contribution in [0.1, 0.15) is 25.5 Å². The van der Waals surface area contributed by atoms with Crippen molar-refractivity contribution in [1.29, 1.82) is 0 Å². The number of rotatable bonds is 5. The van der Waals surface area contributed by atoms with Crippen molar-refractivity contribution >= 4 is 22.9 Å². The van der Waals surface area contributed by atoms with Gasteiger partial charge in [0.2, 0.25) is 5.95 Å². The number of ether oxygens (including phenoxy) is 1. The number of nitrogens with zero attached hydrogens (tertiary/aromatic N) is 4. The molecule has 0 unspecified atom stereocenters. The highest BCUT2D eigenvalue weighted by Gasteiger charge is 2.46. The van der Waals surface area contributed by atoms with E-state index in [9.17, 15) is 10.2 Å². The quantitative estimate of drug-likeness (QED) is 0.570. The number of nitrogens with one attached hydrogen (secondary N) is 1. The Hall–Kier alpha value is -2.23. The number of nitrogens with two attached hydrogens (primary N) is 1. The van der Waals surface area contributed by atoms with Gasteiger partial charge in [0.15, 0.2) is 17.0 Å². The van der Waals surface area contributed by atoms with Crippen LogP contribution in [0.4, 0.5) is 11.8 Å². The molecule has 24 heavy (non-hydrogen) atoms. The summed E-state index contributed by atoms with van der Waals surface area (Å²) in [6.07, 6.45) is 4.10. The first kappa shape index (κ1) is 15.3. The van der Waals surface area contributed by atoms with Gasteiger partial charge in [0.05, 0.1) is 19.0 Å². The molecule has 2 fully saturated rings. The zero-order chi connectivity index (χ0) is 16.9. The Morgan fingerprint density at radius 2 is 2.29 bits per heavy atom. The fraction of sp³-hybridized carbons (Fsp3) is 0.533. The molecule has 1 saturated heterocycles. The van der Waals surface area contributed by atoms with Gasteiger partial charge in [-0.05, 0) is 12.8 Å². The highest BCUT2D eigenvalue weighted by Crippen LogP contribution is 2.39. The molecule has 0 aromatic carbocycles. The van der Waals surface area contributed by atoms with Crippen molar-refractivity contribution in [2.45, 2.75) is 43.2 Å². The summed E-state index contributed by atoms with van der Waals surface area (Å²) in [5.74, 6) is 0.748. The van der Waals surface area contributed by atoms with Crippen LogP contribution in [0.15, 0.2) is 19.0 Å². The number of imidazole rings is 1. The SMILES string of the molecule is C=C[C@]1(CO)O[C@@H](n2cnc3c(NC4CC4)nc(N)nc32)C[C@@H]1O. The fourth-order valence-corrected chi connectivity index (χ4v) is 3.00. The maximum absolute atomic E-state index is 10.3. The van der Waals surface area contributed by atoms with Crippen LogP contribution >= 0.6 is 0 Å². The van der Waals surface area contributed by atoms with Crippen molar-refractivity contribution < 1.29 is 14.9 Å². The molecule has 9 nitrogen and oxygen atoms in total. The van der Waals surface area contributed by atoms with E-state index in [1.54, 1.807) is 10.9 Å². The summed E-state index contributed by atoms with van der Waals surface area (Å²) >= 11 is 0. The van der Waals surface area contributed by atoms with Gasteiger partial charge < -0.3 is 26.0 Å². The van der Waals surface area contributed by atoms with Crippen LogP contribution in [0.2, 0.25) is 0 Å². The highest BCUT2D eigenvalue weighted by molar-refractivity contribution is 5.84. The van der Waals surface area contributed by atoms with Crippen molar-refractivity contribution in [3.63, 3.8) is 0 Å². The summed E-state index contributed by atoms with van der Waals surface area (Å²) in [6.45, 7) is 3.30. The largest absolute Gasteiger partial charge is 0.393 e. The van der Waals surface area contributed by atoms with Crippen molar-refractivity contribution in [2.24, 2.45) is 0 Å².